The molecule has 1 atom stereocenters. The molecule has 1 aliphatic heterocycles. The summed E-state index contributed by atoms with van der Waals surface area (Å²) in [7, 11) is 0. The minimum absolute atomic E-state index is 0.0454. The highest BCUT2D eigenvalue weighted by Gasteiger charge is 2.32. The first-order valence-electron chi connectivity index (χ1n) is 9.40. The zero-order valence-corrected chi connectivity index (χ0v) is 15.7. The van der Waals surface area contributed by atoms with Crippen molar-refractivity contribution in [1.82, 2.24) is 20.1 Å². The Labute approximate surface area is 161 Å². The lowest BCUT2D eigenvalue weighted by molar-refractivity contribution is -0.137. The predicted octanol–water partition coefficient (Wildman–Crippen LogP) is 3.04. The number of anilines is 1. The highest BCUT2D eigenvalue weighted by Crippen LogP contribution is 2.28. The van der Waals surface area contributed by atoms with E-state index in [1.807, 2.05) is 13.0 Å². The van der Waals surface area contributed by atoms with Crippen molar-refractivity contribution in [1.29, 1.82) is 0 Å². The van der Waals surface area contributed by atoms with Crippen molar-refractivity contribution in [3.63, 3.8) is 0 Å². The van der Waals surface area contributed by atoms with Gasteiger partial charge in [0.25, 0.3) is 0 Å². The molecule has 1 unspecified atom stereocenters. The Bertz CT molecular complexity index is 818. The highest BCUT2D eigenvalue weighted by molar-refractivity contribution is 5.76. The second kappa shape index (κ2) is 8.62. The molecule has 2 N–H and O–H groups in total. The molecule has 3 heterocycles. The van der Waals surface area contributed by atoms with Crippen LogP contribution in [0.4, 0.5) is 19.0 Å². The van der Waals surface area contributed by atoms with Crippen LogP contribution in [0.25, 0.3) is 0 Å². The zero-order chi connectivity index (χ0) is 20.1. The molecule has 1 aliphatic rings. The van der Waals surface area contributed by atoms with Crippen molar-refractivity contribution in [3.8, 4) is 0 Å². The molecule has 0 radical (unpaired) electrons. The Morgan fingerprint density at radius 1 is 1.39 bits per heavy atom. The number of pyridine rings is 1. The van der Waals surface area contributed by atoms with Gasteiger partial charge in [-0.25, -0.2) is 4.98 Å². The first-order valence-corrected chi connectivity index (χ1v) is 9.40. The molecule has 3 rings (SSSR count). The third-order valence-electron chi connectivity index (χ3n) is 4.67. The lowest BCUT2D eigenvalue weighted by Crippen LogP contribution is -2.30. The standard InChI is InChI=1S/C19H24F3N5O/c1-13(11-27-12-15(10-25-27)19(20,21)22)9-24-17(28)7-6-16-5-4-14-3-2-8-23-18(14)26-16/h4-5,10,12-13H,2-3,6-9,11H2,1H3,(H,23,26)(H,24,28). The number of alkyl halides is 3. The number of rotatable bonds is 7. The number of amides is 1. The van der Waals surface area contributed by atoms with Gasteiger partial charge in [0.05, 0.1) is 11.8 Å². The summed E-state index contributed by atoms with van der Waals surface area (Å²) in [5.41, 5.74) is 1.31. The van der Waals surface area contributed by atoms with Gasteiger partial charge in [-0.1, -0.05) is 13.0 Å². The number of hydrogen-bond acceptors (Lipinski definition) is 4. The number of nitrogens with one attached hydrogen (secondary N) is 2. The second-order valence-corrected chi connectivity index (χ2v) is 7.20. The van der Waals surface area contributed by atoms with E-state index in [2.05, 4.69) is 26.8 Å². The number of halogens is 3. The minimum atomic E-state index is -4.39. The average Bonchev–Trinajstić information content (AvgIpc) is 3.13. The van der Waals surface area contributed by atoms with Gasteiger partial charge >= 0.3 is 6.18 Å². The number of nitrogens with zero attached hydrogens (tertiary/aromatic N) is 3. The van der Waals surface area contributed by atoms with E-state index in [1.165, 1.54) is 10.2 Å². The third kappa shape index (κ3) is 5.46. The Kier molecular flexibility index (Phi) is 6.21. The van der Waals surface area contributed by atoms with E-state index in [0.717, 1.165) is 43.3 Å². The molecule has 2 aromatic heterocycles. The summed E-state index contributed by atoms with van der Waals surface area (Å²) in [6.45, 7) is 3.45. The van der Waals surface area contributed by atoms with Gasteiger partial charge in [0.1, 0.15) is 5.82 Å². The first kappa shape index (κ1) is 20.2. The van der Waals surface area contributed by atoms with E-state index in [-0.39, 0.29) is 11.8 Å². The molecule has 6 nitrogen and oxygen atoms in total. The highest BCUT2D eigenvalue weighted by atomic mass is 19.4. The topological polar surface area (TPSA) is 71.8 Å². The van der Waals surface area contributed by atoms with Crippen molar-refractivity contribution in [2.24, 2.45) is 5.92 Å². The van der Waals surface area contributed by atoms with Gasteiger partial charge in [-0.2, -0.15) is 18.3 Å². The van der Waals surface area contributed by atoms with Crippen LogP contribution in [0, 0.1) is 5.92 Å². The molecule has 0 bridgehead atoms. The second-order valence-electron chi connectivity index (χ2n) is 7.20. The van der Waals surface area contributed by atoms with Crippen LogP contribution in [0.2, 0.25) is 0 Å². The Balaban J connectivity index is 1.41. The molecule has 0 saturated carbocycles. The van der Waals surface area contributed by atoms with Gasteiger partial charge in [-0.05, 0) is 36.8 Å². The molecule has 0 fully saturated rings. The number of fused-ring (bicyclic) bond motifs is 1. The van der Waals surface area contributed by atoms with Crippen LogP contribution in [-0.4, -0.2) is 33.8 Å². The van der Waals surface area contributed by atoms with Crippen LogP contribution in [0.5, 0.6) is 0 Å². The summed E-state index contributed by atoms with van der Waals surface area (Å²) < 4.78 is 39.0. The fourth-order valence-electron chi connectivity index (χ4n) is 3.12. The number of hydrogen-bond donors (Lipinski definition) is 2. The van der Waals surface area contributed by atoms with Gasteiger partial charge in [0.2, 0.25) is 5.91 Å². The average molecular weight is 395 g/mol. The molecule has 9 heteroatoms. The van der Waals surface area contributed by atoms with Crippen LogP contribution in [0.1, 0.15) is 36.6 Å². The molecule has 1 amide bonds. The summed E-state index contributed by atoms with van der Waals surface area (Å²) in [6.07, 6.45) is 0.386. The van der Waals surface area contributed by atoms with E-state index < -0.39 is 11.7 Å². The van der Waals surface area contributed by atoms with E-state index in [4.69, 9.17) is 0 Å². The van der Waals surface area contributed by atoms with Gasteiger partial charge in [0.15, 0.2) is 0 Å². The van der Waals surface area contributed by atoms with Crippen molar-refractivity contribution in [2.75, 3.05) is 18.4 Å². The number of aryl methyl sites for hydroxylation is 2. The van der Waals surface area contributed by atoms with Gasteiger partial charge in [0, 0.05) is 37.9 Å². The van der Waals surface area contributed by atoms with Gasteiger partial charge < -0.3 is 10.6 Å². The minimum Gasteiger partial charge on any atom is -0.370 e. The maximum atomic E-state index is 12.6. The normalized spacial score (nSPS) is 14.9. The molecular weight excluding hydrogens is 371 g/mol. The van der Waals surface area contributed by atoms with Crippen molar-refractivity contribution >= 4 is 11.7 Å². The van der Waals surface area contributed by atoms with Gasteiger partial charge in [-0.3, -0.25) is 9.48 Å². The zero-order valence-electron chi connectivity index (χ0n) is 15.7. The van der Waals surface area contributed by atoms with Crippen molar-refractivity contribution < 1.29 is 18.0 Å². The summed E-state index contributed by atoms with van der Waals surface area (Å²) in [4.78, 5) is 16.6. The fourth-order valence-corrected chi connectivity index (χ4v) is 3.12. The quantitative estimate of drug-likeness (QED) is 0.756. The molecular formula is C19H24F3N5O. The molecule has 0 saturated heterocycles. The maximum absolute atomic E-state index is 12.6. The van der Waals surface area contributed by atoms with E-state index in [0.29, 0.717) is 25.9 Å². The molecule has 0 spiro atoms. The fraction of sp³-hybridized carbons (Fsp3) is 0.526. The van der Waals surface area contributed by atoms with Crippen molar-refractivity contribution in [3.05, 3.63) is 41.3 Å². The molecule has 0 aliphatic carbocycles. The number of aromatic nitrogens is 3. The monoisotopic (exact) mass is 395 g/mol. The third-order valence-corrected chi connectivity index (χ3v) is 4.67. The SMILES string of the molecule is CC(CNC(=O)CCc1ccc2c(n1)NCCC2)Cn1cc(C(F)(F)F)cn1. The van der Waals surface area contributed by atoms with Crippen LogP contribution >= 0.6 is 0 Å². The summed E-state index contributed by atoms with van der Waals surface area (Å²) >= 11 is 0. The molecule has 28 heavy (non-hydrogen) atoms. The Morgan fingerprint density at radius 2 is 2.21 bits per heavy atom. The first-order chi connectivity index (χ1) is 13.3. The Morgan fingerprint density at radius 3 is 2.96 bits per heavy atom. The molecule has 152 valence electrons. The smallest absolute Gasteiger partial charge is 0.370 e. The van der Waals surface area contributed by atoms with E-state index in [1.54, 1.807) is 0 Å². The largest absolute Gasteiger partial charge is 0.419 e. The van der Waals surface area contributed by atoms with E-state index >= 15 is 0 Å². The predicted molar refractivity (Wildman–Crippen MR) is 98.8 cm³/mol. The number of carbonyl (C=O) groups excluding carboxylic acids is 1. The lowest BCUT2D eigenvalue weighted by Gasteiger charge is -2.17. The summed E-state index contributed by atoms with van der Waals surface area (Å²) in [6, 6.07) is 4.01. The van der Waals surface area contributed by atoms with Crippen LogP contribution in [-0.2, 0) is 30.4 Å². The van der Waals surface area contributed by atoms with Crippen LogP contribution in [0.3, 0.4) is 0 Å². The lowest BCUT2D eigenvalue weighted by atomic mass is 10.1. The summed E-state index contributed by atoms with van der Waals surface area (Å²) in [5, 5.41) is 9.83. The molecule has 0 aromatic carbocycles. The van der Waals surface area contributed by atoms with Gasteiger partial charge in [-0.15, -0.1) is 0 Å². The number of carbonyl (C=O) groups is 1. The summed E-state index contributed by atoms with van der Waals surface area (Å²) in [5.74, 6) is 0.766. The van der Waals surface area contributed by atoms with Crippen molar-refractivity contribution in [2.45, 2.75) is 45.3 Å². The van der Waals surface area contributed by atoms with E-state index in [9.17, 15) is 18.0 Å². The maximum Gasteiger partial charge on any atom is 0.419 e. The van der Waals surface area contributed by atoms with Crippen LogP contribution < -0.4 is 10.6 Å². The van der Waals surface area contributed by atoms with Crippen LogP contribution in [0.15, 0.2) is 24.5 Å². The Hall–Kier alpha value is -2.58. The molecule has 2 aromatic rings.